The summed E-state index contributed by atoms with van der Waals surface area (Å²) < 4.78 is 2.79. The second-order valence-electron chi connectivity index (χ2n) is 4.65. The van der Waals surface area contributed by atoms with E-state index in [-0.39, 0.29) is 0 Å². The van der Waals surface area contributed by atoms with Gasteiger partial charge in [0.2, 0.25) is 0 Å². The Bertz CT molecular complexity index is 756. The molecule has 3 nitrogen and oxygen atoms in total. The van der Waals surface area contributed by atoms with Gasteiger partial charge >= 0.3 is 0 Å². The highest BCUT2D eigenvalue weighted by Crippen LogP contribution is 2.38. The number of nitrogen functional groups attached to an aromatic ring is 1. The minimum absolute atomic E-state index is 0.688. The van der Waals surface area contributed by atoms with E-state index >= 15 is 0 Å². The van der Waals surface area contributed by atoms with Crippen molar-refractivity contribution in [2.45, 2.75) is 6.92 Å². The van der Waals surface area contributed by atoms with Gasteiger partial charge in [-0.05, 0) is 36.8 Å². The smallest absolute Gasteiger partial charge is 0.129 e. The van der Waals surface area contributed by atoms with Crippen molar-refractivity contribution in [2.75, 3.05) is 5.73 Å². The van der Waals surface area contributed by atoms with Crippen LogP contribution in [0, 0.1) is 6.92 Å². The molecule has 5 heteroatoms. The third kappa shape index (κ3) is 2.27. The molecule has 0 saturated carbocycles. The molecule has 0 bridgehead atoms. The van der Waals surface area contributed by atoms with Gasteiger partial charge in [-0.15, -0.1) is 11.3 Å². The van der Waals surface area contributed by atoms with Crippen molar-refractivity contribution in [1.29, 1.82) is 0 Å². The lowest BCUT2D eigenvalue weighted by Crippen LogP contribution is -1.97. The second kappa shape index (κ2) is 5.07. The summed E-state index contributed by atoms with van der Waals surface area (Å²) in [6.07, 6.45) is 0. The molecule has 2 N–H and O–H groups in total. The summed E-state index contributed by atoms with van der Waals surface area (Å²) in [4.78, 5) is 2.42. The molecule has 0 spiro atoms. The van der Waals surface area contributed by atoms with E-state index in [1.807, 2.05) is 19.2 Å². The zero-order chi connectivity index (χ0) is 14.3. The average Bonchev–Trinajstić information content (AvgIpc) is 2.97. The fourth-order valence-corrected chi connectivity index (χ4v) is 3.30. The lowest BCUT2D eigenvalue weighted by Gasteiger charge is -2.03. The number of thiophene rings is 1. The first-order chi connectivity index (χ1) is 9.56. The number of rotatable bonds is 2. The molecule has 0 amide bonds. The van der Waals surface area contributed by atoms with Crippen molar-refractivity contribution in [3.05, 3.63) is 45.7 Å². The van der Waals surface area contributed by atoms with Crippen LogP contribution < -0.4 is 5.73 Å². The molecule has 20 heavy (non-hydrogen) atoms. The Morgan fingerprint density at radius 2 is 1.85 bits per heavy atom. The minimum Gasteiger partial charge on any atom is -0.383 e. The van der Waals surface area contributed by atoms with E-state index in [1.54, 1.807) is 16.0 Å². The van der Waals surface area contributed by atoms with Gasteiger partial charge in [-0.2, -0.15) is 5.10 Å². The number of anilines is 1. The van der Waals surface area contributed by atoms with E-state index in [1.165, 1.54) is 4.88 Å². The standard InChI is InChI=1S/C15H14BrN3S/c1-9-3-8-12(20-9)14-13(15(17)19(2)18-14)10-4-6-11(16)7-5-10/h3-8H,17H2,1-2H3. The van der Waals surface area contributed by atoms with Crippen LogP contribution in [0.25, 0.3) is 21.7 Å². The SMILES string of the molecule is Cc1ccc(-c2nn(C)c(N)c2-c2ccc(Br)cc2)s1. The predicted octanol–water partition coefficient (Wildman–Crippen LogP) is 4.47. The molecule has 102 valence electrons. The van der Waals surface area contributed by atoms with Crippen LogP contribution in [-0.2, 0) is 7.05 Å². The summed E-state index contributed by atoms with van der Waals surface area (Å²) >= 11 is 5.19. The highest BCUT2D eigenvalue weighted by molar-refractivity contribution is 9.10. The molecule has 0 aliphatic rings. The normalized spacial score (nSPS) is 10.9. The summed E-state index contributed by atoms with van der Waals surface area (Å²) in [5, 5.41) is 4.58. The van der Waals surface area contributed by atoms with Crippen LogP contribution in [-0.4, -0.2) is 9.78 Å². The summed E-state index contributed by atoms with van der Waals surface area (Å²) in [7, 11) is 1.88. The predicted molar refractivity (Wildman–Crippen MR) is 88.8 cm³/mol. The van der Waals surface area contributed by atoms with Gasteiger partial charge in [0.15, 0.2) is 0 Å². The Morgan fingerprint density at radius 1 is 1.15 bits per heavy atom. The van der Waals surface area contributed by atoms with E-state index in [0.717, 1.165) is 26.2 Å². The zero-order valence-electron chi connectivity index (χ0n) is 11.2. The minimum atomic E-state index is 0.688. The van der Waals surface area contributed by atoms with Gasteiger partial charge in [0.1, 0.15) is 11.5 Å². The lowest BCUT2D eigenvalue weighted by molar-refractivity contribution is 0.783. The first kappa shape index (κ1) is 13.4. The molecule has 0 aliphatic heterocycles. The maximum atomic E-state index is 6.21. The molecular weight excluding hydrogens is 334 g/mol. The molecule has 2 heterocycles. The van der Waals surface area contributed by atoms with Gasteiger partial charge in [0.05, 0.1) is 10.4 Å². The summed E-state index contributed by atoms with van der Waals surface area (Å²) in [5.74, 6) is 0.688. The average molecular weight is 348 g/mol. The molecule has 2 aromatic heterocycles. The maximum Gasteiger partial charge on any atom is 0.129 e. The molecule has 1 aromatic carbocycles. The Labute approximate surface area is 130 Å². The number of aryl methyl sites for hydroxylation is 2. The van der Waals surface area contributed by atoms with Gasteiger partial charge < -0.3 is 5.73 Å². The molecule has 0 atom stereocenters. The molecule has 0 fully saturated rings. The van der Waals surface area contributed by atoms with E-state index in [4.69, 9.17) is 5.73 Å². The monoisotopic (exact) mass is 347 g/mol. The van der Waals surface area contributed by atoms with Gasteiger partial charge in [-0.25, -0.2) is 0 Å². The number of halogens is 1. The molecule has 0 radical (unpaired) electrons. The first-order valence-electron chi connectivity index (χ1n) is 6.21. The van der Waals surface area contributed by atoms with Gasteiger partial charge in [0.25, 0.3) is 0 Å². The van der Waals surface area contributed by atoms with Crippen LogP contribution in [0.1, 0.15) is 4.88 Å². The van der Waals surface area contributed by atoms with Crippen molar-refractivity contribution < 1.29 is 0 Å². The zero-order valence-corrected chi connectivity index (χ0v) is 13.6. The molecule has 3 rings (SSSR count). The highest BCUT2D eigenvalue weighted by atomic mass is 79.9. The third-order valence-corrected chi connectivity index (χ3v) is 4.73. The van der Waals surface area contributed by atoms with Crippen molar-refractivity contribution in [2.24, 2.45) is 7.05 Å². The molecule has 3 aromatic rings. The highest BCUT2D eigenvalue weighted by Gasteiger charge is 2.18. The fraction of sp³-hybridized carbons (Fsp3) is 0.133. The van der Waals surface area contributed by atoms with Crippen LogP contribution in [0.15, 0.2) is 40.9 Å². The van der Waals surface area contributed by atoms with Crippen LogP contribution in [0.3, 0.4) is 0 Å². The topological polar surface area (TPSA) is 43.8 Å². The van der Waals surface area contributed by atoms with Crippen molar-refractivity contribution in [1.82, 2.24) is 9.78 Å². The van der Waals surface area contributed by atoms with E-state index in [0.29, 0.717) is 5.82 Å². The van der Waals surface area contributed by atoms with Gasteiger partial charge in [0, 0.05) is 16.4 Å². The number of benzene rings is 1. The van der Waals surface area contributed by atoms with Crippen LogP contribution in [0.2, 0.25) is 0 Å². The van der Waals surface area contributed by atoms with E-state index in [9.17, 15) is 0 Å². The first-order valence-corrected chi connectivity index (χ1v) is 7.82. The summed E-state index contributed by atoms with van der Waals surface area (Å²) in [6, 6.07) is 12.4. The fourth-order valence-electron chi connectivity index (χ4n) is 2.17. The maximum absolute atomic E-state index is 6.21. The Kier molecular flexibility index (Phi) is 3.40. The number of hydrogen-bond acceptors (Lipinski definition) is 3. The van der Waals surface area contributed by atoms with Crippen molar-refractivity contribution in [3.63, 3.8) is 0 Å². The van der Waals surface area contributed by atoms with Crippen molar-refractivity contribution in [3.8, 4) is 21.7 Å². The van der Waals surface area contributed by atoms with Gasteiger partial charge in [-0.1, -0.05) is 28.1 Å². The number of aromatic nitrogens is 2. The summed E-state index contributed by atoms with van der Waals surface area (Å²) in [6.45, 7) is 2.10. The van der Waals surface area contributed by atoms with Crippen molar-refractivity contribution >= 4 is 33.1 Å². The molecule has 0 unspecified atom stereocenters. The van der Waals surface area contributed by atoms with Crippen LogP contribution >= 0.6 is 27.3 Å². The largest absolute Gasteiger partial charge is 0.383 e. The quantitative estimate of drug-likeness (QED) is 0.743. The Hall–Kier alpha value is -1.59. The third-order valence-electron chi connectivity index (χ3n) is 3.20. The lowest BCUT2D eigenvalue weighted by atomic mass is 10.0. The number of nitrogens with zero attached hydrogens (tertiary/aromatic N) is 2. The van der Waals surface area contributed by atoms with E-state index < -0.39 is 0 Å². The van der Waals surface area contributed by atoms with Crippen LogP contribution in [0.5, 0.6) is 0 Å². The second-order valence-corrected chi connectivity index (χ2v) is 6.85. The molecular formula is C15H14BrN3S. The van der Waals surface area contributed by atoms with Gasteiger partial charge in [-0.3, -0.25) is 4.68 Å². The molecule has 0 saturated heterocycles. The Morgan fingerprint density at radius 3 is 2.45 bits per heavy atom. The summed E-state index contributed by atoms with van der Waals surface area (Å²) in [5.41, 5.74) is 9.25. The Balaban J connectivity index is 2.21. The van der Waals surface area contributed by atoms with E-state index in [2.05, 4.69) is 52.2 Å². The molecule has 0 aliphatic carbocycles. The number of nitrogens with two attached hydrogens (primary N) is 1. The number of hydrogen-bond donors (Lipinski definition) is 1. The van der Waals surface area contributed by atoms with Crippen LogP contribution in [0.4, 0.5) is 5.82 Å².